The number of carbonyl (C=O) groups excluding carboxylic acids is 1. The molecule has 0 saturated carbocycles. The molecular weight excluding hydrogens is 255 g/mol. The van der Waals surface area contributed by atoms with Crippen molar-refractivity contribution in [2.75, 3.05) is 7.05 Å². The molecule has 0 spiro atoms. The third kappa shape index (κ3) is 3.42. The van der Waals surface area contributed by atoms with E-state index in [0.29, 0.717) is 6.54 Å². The van der Waals surface area contributed by atoms with Crippen LogP contribution in [0, 0.1) is 5.82 Å². The Bertz CT molecular complexity index is 586. The molecule has 2 rings (SSSR count). The van der Waals surface area contributed by atoms with Crippen LogP contribution >= 0.6 is 0 Å². The van der Waals surface area contributed by atoms with Gasteiger partial charge in [-0.25, -0.2) is 4.39 Å². The van der Waals surface area contributed by atoms with E-state index >= 15 is 0 Å². The van der Waals surface area contributed by atoms with Crippen LogP contribution in [-0.2, 0) is 11.3 Å². The summed E-state index contributed by atoms with van der Waals surface area (Å²) < 4.78 is 13.1. The van der Waals surface area contributed by atoms with Crippen LogP contribution in [0.3, 0.4) is 0 Å². The molecule has 3 nitrogen and oxygen atoms in total. The Balaban J connectivity index is 2.05. The van der Waals surface area contributed by atoms with Crippen molar-refractivity contribution in [1.82, 2.24) is 4.90 Å². The standard InChI is InChI=1S/C16H17FN2O/c1-19(11-12-6-5-9-14(17)10-12)16(20)15(18)13-7-3-2-4-8-13/h2-10,15H,11,18H2,1H3. The molecule has 1 atom stereocenters. The van der Waals surface area contributed by atoms with Gasteiger partial charge < -0.3 is 10.6 Å². The number of rotatable bonds is 4. The summed E-state index contributed by atoms with van der Waals surface area (Å²) in [6.45, 7) is 0.330. The highest BCUT2D eigenvalue weighted by molar-refractivity contribution is 5.82. The van der Waals surface area contributed by atoms with Gasteiger partial charge in [0.2, 0.25) is 5.91 Å². The van der Waals surface area contributed by atoms with E-state index in [9.17, 15) is 9.18 Å². The predicted molar refractivity (Wildman–Crippen MR) is 76.2 cm³/mol. The van der Waals surface area contributed by atoms with E-state index in [1.165, 1.54) is 17.0 Å². The summed E-state index contributed by atoms with van der Waals surface area (Å²) in [5, 5.41) is 0. The molecule has 0 aliphatic heterocycles. The fourth-order valence-corrected chi connectivity index (χ4v) is 2.03. The fourth-order valence-electron chi connectivity index (χ4n) is 2.03. The molecule has 0 saturated heterocycles. The first-order valence-electron chi connectivity index (χ1n) is 6.38. The molecule has 0 fully saturated rings. The first-order valence-corrected chi connectivity index (χ1v) is 6.38. The maximum Gasteiger partial charge on any atom is 0.244 e. The third-order valence-electron chi connectivity index (χ3n) is 3.11. The van der Waals surface area contributed by atoms with Gasteiger partial charge in [0, 0.05) is 13.6 Å². The lowest BCUT2D eigenvalue weighted by atomic mass is 10.1. The van der Waals surface area contributed by atoms with E-state index < -0.39 is 6.04 Å². The van der Waals surface area contributed by atoms with E-state index in [4.69, 9.17) is 5.73 Å². The van der Waals surface area contributed by atoms with E-state index in [-0.39, 0.29) is 11.7 Å². The van der Waals surface area contributed by atoms with Gasteiger partial charge in [0.15, 0.2) is 0 Å². The summed E-state index contributed by atoms with van der Waals surface area (Å²) in [6, 6.07) is 14.7. The Morgan fingerprint density at radius 1 is 1.20 bits per heavy atom. The number of halogens is 1. The number of amides is 1. The van der Waals surface area contributed by atoms with Gasteiger partial charge in [-0.1, -0.05) is 42.5 Å². The van der Waals surface area contributed by atoms with Crippen LogP contribution in [0.25, 0.3) is 0 Å². The highest BCUT2D eigenvalue weighted by atomic mass is 19.1. The van der Waals surface area contributed by atoms with Crippen molar-refractivity contribution in [3.63, 3.8) is 0 Å². The number of nitrogens with zero attached hydrogens (tertiary/aromatic N) is 1. The molecule has 2 aromatic rings. The van der Waals surface area contributed by atoms with Crippen LogP contribution in [0.2, 0.25) is 0 Å². The Morgan fingerprint density at radius 3 is 2.55 bits per heavy atom. The van der Waals surface area contributed by atoms with E-state index in [2.05, 4.69) is 0 Å². The monoisotopic (exact) mass is 272 g/mol. The van der Waals surface area contributed by atoms with Gasteiger partial charge in [0.05, 0.1) is 0 Å². The smallest absolute Gasteiger partial charge is 0.244 e. The van der Waals surface area contributed by atoms with Gasteiger partial charge in [0.25, 0.3) is 0 Å². The van der Waals surface area contributed by atoms with Crippen molar-refractivity contribution in [3.05, 3.63) is 71.5 Å². The van der Waals surface area contributed by atoms with Gasteiger partial charge >= 0.3 is 0 Å². The Hall–Kier alpha value is -2.20. The summed E-state index contributed by atoms with van der Waals surface area (Å²) in [7, 11) is 1.66. The van der Waals surface area contributed by atoms with Crippen LogP contribution in [0.4, 0.5) is 4.39 Å². The molecule has 0 aromatic heterocycles. The SMILES string of the molecule is CN(Cc1cccc(F)c1)C(=O)C(N)c1ccccc1. The molecule has 0 aliphatic rings. The van der Waals surface area contributed by atoms with Crippen molar-refractivity contribution >= 4 is 5.91 Å². The van der Waals surface area contributed by atoms with Crippen LogP contribution in [0.1, 0.15) is 17.2 Å². The van der Waals surface area contributed by atoms with Crippen molar-refractivity contribution in [3.8, 4) is 0 Å². The molecule has 1 unspecified atom stereocenters. The maximum atomic E-state index is 13.1. The molecule has 0 aliphatic carbocycles. The Kier molecular flexibility index (Phi) is 4.48. The van der Waals surface area contributed by atoms with E-state index in [1.54, 1.807) is 19.2 Å². The van der Waals surface area contributed by atoms with Gasteiger partial charge in [0.1, 0.15) is 11.9 Å². The molecule has 1 amide bonds. The fraction of sp³-hybridized carbons (Fsp3) is 0.188. The number of hydrogen-bond acceptors (Lipinski definition) is 2. The average molecular weight is 272 g/mol. The maximum absolute atomic E-state index is 13.1. The summed E-state index contributed by atoms with van der Waals surface area (Å²) in [5.41, 5.74) is 7.46. The highest BCUT2D eigenvalue weighted by Crippen LogP contribution is 2.14. The minimum Gasteiger partial charge on any atom is -0.340 e. The van der Waals surface area contributed by atoms with Gasteiger partial charge in [-0.05, 0) is 23.3 Å². The normalized spacial score (nSPS) is 11.9. The first-order chi connectivity index (χ1) is 9.58. The molecule has 4 heteroatoms. The highest BCUT2D eigenvalue weighted by Gasteiger charge is 2.19. The Labute approximate surface area is 117 Å². The zero-order chi connectivity index (χ0) is 14.5. The number of nitrogens with two attached hydrogens (primary N) is 1. The largest absolute Gasteiger partial charge is 0.340 e. The van der Waals surface area contributed by atoms with Crippen molar-refractivity contribution in [1.29, 1.82) is 0 Å². The van der Waals surface area contributed by atoms with Gasteiger partial charge in [-0.2, -0.15) is 0 Å². The molecule has 20 heavy (non-hydrogen) atoms. The van der Waals surface area contributed by atoms with E-state index in [0.717, 1.165) is 11.1 Å². The second-order valence-electron chi connectivity index (χ2n) is 4.71. The van der Waals surface area contributed by atoms with E-state index in [1.807, 2.05) is 30.3 Å². The van der Waals surface area contributed by atoms with Crippen molar-refractivity contribution < 1.29 is 9.18 Å². The number of carbonyl (C=O) groups is 1. The minimum absolute atomic E-state index is 0.194. The predicted octanol–water partition coefficient (Wildman–Crippen LogP) is 2.48. The summed E-state index contributed by atoms with van der Waals surface area (Å²) in [5.74, 6) is -0.504. The summed E-state index contributed by atoms with van der Waals surface area (Å²) >= 11 is 0. The molecule has 2 N–H and O–H groups in total. The van der Waals surface area contributed by atoms with Crippen LogP contribution in [0.5, 0.6) is 0 Å². The lowest BCUT2D eigenvalue weighted by molar-refractivity contribution is -0.131. The average Bonchev–Trinajstić information content (AvgIpc) is 2.46. The van der Waals surface area contributed by atoms with Gasteiger partial charge in [-0.3, -0.25) is 4.79 Å². The second-order valence-corrected chi connectivity index (χ2v) is 4.71. The molecular formula is C16H17FN2O. The Morgan fingerprint density at radius 2 is 1.90 bits per heavy atom. The molecule has 104 valence electrons. The number of hydrogen-bond donors (Lipinski definition) is 1. The second kappa shape index (κ2) is 6.30. The van der Waals surface area contributed by atoms with Crippen LogP contribution in [-0.4, -0.2) is 17.9 Å². The lowest BCUT2D eigenvalue weighted by Crippen LogP contribution is -2.35. The number of likely N-dealkylation sites (N-methyl/N-ethyl adjacent to an activating group) is 1. The third-order valence-corrected chi connectivity index (χ3v) is 3.11. The quantitative estimate of drug-likeness (QED) is 0.929. The van der Waals surface area contributed by atoms with Crippen LogP contribution < -0.4 is 5.73 Å². The van der Waals surface area contributed by atoms with Crippen LogP contribution in [0.15, 0.2) is 54.6 Å². The van der Waals surface area contributed by atoms with Gasteiger partial charge in [-0.15, -0.1) is 0 Å². The first kappa shape index (κ1) is 14.2. The lowest BCUT2D eigenvalue weighted by Gasteiger charge is -2.21. The molecule has 0 radical (unpaired) electrons. The topological polar surface area (TPSA) is 46.3 Å². The molecule has 2 aromatic carbocycles. The molecule has 0 heterocycles. The summed E-state index contributed by atoms with van der Waals surface area (Å²) in [4.78, 5) is 13.7. The number of benzene rings is 2. The van der Waals surface area contributed by atoms with Crippen molar-refractivity contribution in [2.24, 2.45) is 5.73 Å². The zero-order valence-electron chi connectivity index (χ0n) is 11.3. The minimum atomic E-state index is -0.699. The van der Waals surface area contributed by atoms with Crippen molar-refractivity contribution in [2.45, 2.75) is 12.6 Å². The zero-order valence-corrected chi connectivity index (χ0v) is 11.3. The summed E-state index contributed by atoms with van der Waals surface area (Å²) in [6.07, 6.45) is 0. The molecule has 0 bridgehead atoms.